The Labute approximate surface area is 147 Å². The molecule has 0 saturated heterocycles. The molecule has 0 aliphatic rings. The molecule has 0 aliphatic carbocycles. The van der Waals surface area contributed by atoms with Gasteiger partial charge in [-0.2, -0.15) is 0 Å². The van der Waals surface area contributed by atoms with Crippen LogP contribution in [0.25, 0.3) is 10.9 Å². The molecular weight excluding hydrogens is 314 g/mol. The molecule has 1 heterocycles. The monoisotopic (exact) mass is 335 g/mol. The van der Waals surface area contributed by atoms with Gasteiger partial charge in [0, 0.05) is 18.0 Å². The van der Waals surface area contributed by atoms with Crippen LogP contribution in [0.1, 0.15) is 11.1 Å². The van der Waals surface area contributed by atoms with Gasteiger partial charge >= 0.3 is 0 Å². The number of benzene rings is 2. The van der Waals surface area contributed by atoms with Crippen LogP contribution >= 0.6 is 11.8 Å². The van der Waals surface area contributed by atoms with Gasteiger partial charge in [0.25, 0.3) is 0 Å². The summed E-state index contributed by atoms with van der Waals surface area (Å²) < 4.78 is 7.97. The van der Waals surface area contributed by atoms with Crippen molar-refractivity contribution >= 4 is 22.7 Å². The van der Waals surface area contributed by atoms with Crippen LogP contribution in [0.2, 0.25) is 0 Å². The highest BCUT2D eigenvalue weighted by atomic mass is 32.2. The summed E-state index contributed by atoms with van der Waals surface area (Å²) in [7, 11) is 2.10. The first kappa shape index (κ1) is 16.5. The van der Waals surface area contributed by atoms with Gasteiger partial charge in [-0.1, -0.05) is 53.9 Å². The lowest BCUT2D eigenvalue weighted by Crippen LogP contribution is -1.96. The summed E-state index contributed by atoms with van der Waals surface area (Å²) >= 11 is 1.76. The second-order valence-corrected chi connectivity index (χ2v) is 6.80. The lowest BCUT2D eigenvalue weighted by molar-refractivity contribution is 0.367. The minimum Gasteiger partial charge on any atom is -0.481 e. The van der Waals surface area contributed by atoms with Gasteiger partial charge in [-0.05, 0) is 43.2 Å². The molecule has 24 heavy (non-hydrogen) atoms. The van der Waals surface area contributed by atoms with Crippen molar-refractivity contribution in [1.29, 1.82) is 0 Å². The molecule has 1 aromatic heterocycles. The van der Waals surface area contributed by atoms with Gasteiger partial charge in [0.2, 0.25) is 0 Å². The lowest BCUT2D eigenvalue weighted by atomic mass is 10.1. The van der Waals surface area contributed by atoms with Gasteiger partial charge in [-0.25, -0.2) is 0 Å². The number of nitrogens with zero attached hydrogens (tertiary/aromatic N) is 1. The van der Waals surface area contributed by atoms with Gasteiger partial charge in [0.15, 0.2) is 0 Å². The fourth-order valence-electron chi connectivity index (χ4n) is 2.59. The highest BCUT2D eigenvalue weighted by molar-refractivity contribution is 7.99. The van der Waals surface area contributed by atoms with Gasteiger partial charge in [0.1, 0.15) is 12.4 Å². The molecule has 0 radical (unpaired) electrons. The molecule has 0 unspecified atom stereocenters. The maximum Gasteiger partial charge on any atom is 0.149 e. The topological polar surface area (TPSA) is 14.2 Å². The molecule has 122 valence electrons. The third-order valence-corrected chi connectivity index (χ3v) is 4.94. The number of thioether (sulfide) groups is 1. The maximum atomic E-state index is 5.75. The van der Waals surface area contributed by atoms with E-state index in [-0.39, 0.29) is 0 Å². The van der Waals surface area contributed by atoms with E-state index in [4.69, 9.17) is 4.74 Å². The number of aromatic nitrogens is 1. The van der Waals surface area contributed by atoms with E-state index in [0.29, 0.717) is 6.61 Å². The molecule has 3 heteroatoms. The van der Waals surface area contributed by atoms with E-state index in [9.17, 15) is 0 Å². The third kappa shape index (κ3) is 3.77. The largest absolute Gasteiger partial charge is 0.481 e. The first-order chi connectivity index (χ1) is 11.6. The molecule has 0 bridgehead atoms. The van der Waals surface area contributed by atoms with Crippen molar-refractivity contribution in [3.8, 4) is 17.6 Å². The highest BCUT2D eigenvalue weighted by Crippen LogP contribution is 2.26. The number of para-hydroxylation sites is 1. The number of fused-ring (bicyclic) bond motifs is 1. The summed E-state index contributed by atoms with van der Waals surface area (Å²) in [6.45, 7) is 4.55. The van der Waals surface area contributed by atoms with E-state index in [1.807, 2.05) is 0 Å². The van der Waals surface area contributed by atoms with E-state index in [0.717, 1.165) is 17.1 Å². The molecule has 2 aromatic carbocycles. The number of aryl methyl sites for hydroxylation is 3. The quantitative estimate of drug-likeness (QED) is 0.494. The maximum absolute atomic E-state index is 5.75. The molecule has 0 saturated carbocycles. The molecule has 0 amide bonds. The fraction of sp³-hybridized carbons (Fsp3) is 0.238. The van der Waals surface area contributed by atoms with Crippen LogP contribution in [0.3, 0.4) is 0 Å². The summed E-state index contributed by atoms with van der Waals surface area (Å²) in [5.41, 5.74) is 3.60. The van der Waals surface area contributed by atoms with Crippen molar-refractivity contribution < 1.29 is 4.74 Å². The van der Waals surface area contributed by atoms with Crippen LogP contribution in [0, 0.1) is 25.7 Å². The van der Waals surface area contributed by atoms with Crippen molar-refractivity contribution in [2.75, 3.05) is 12.4 Å². The van der Waals surface area contributed by atoms with E-state index in [2.05, 4.69) is 85.8 Å². The zero-order chi connectivity index (χ0) is 16.9. The predicted octanol–water partition coefficient (Wildman–Crippen LogP) is 4.97. The van der Waals surface area contributed by atoms with Crippen molar-refractivity contribution in [1.82, 2.24) is 4.57 Å². The molecule has 0 atom stereocenters. The molecule has 2 nitrogen and oxygen atoms in total. The van der Waals surface area contributed by atoms with E-state index >= 15 is 0 Å². The molecule has 0 N–H and O–H groups in total. The summed E-state index contributed by atoms with van der Waals surface area (Å²) in [5.74, 6) is 7.97. The fourth-order valence-corrected chi connectivity index (χ4v) is 3.42. The Morgan fingerprint density at radius 1 is 1.04 bits per heavy atom. The van der Waals surface area contributed by atoms with Crippen LogP contribution in [-0.2, 0) is 7.05 Å². The number of hydrogen-bond acceptors (Lipinski definition) is 2. The van der Waals surface area contributed by atoms with Gasteiger partial charge in [-0.3, -0.25) is 0 Å². The molecule has 3 rings (SSSR count). The first-order valence-corrected chi connectivity index (χ1v) is 8.97. The minimum absolute atomic E-state index is 0.431. The smallest absolute Gasteiger partial charge is 0.149 e. The van der Waals surface area contributed by atoms with Crippen LogP contribution in [0.5, 0.6) is 5.75 Å². The van der Waals surface area contributed by atoms with Crippen LogP contribution in [0.15, 0.2) is 53.6 Å². The summed E-state index contributed by atoms with van der Waals surface area (Å²) in [4.78, 5) is 0. The summed E-state index contributed by atoms with van der Waals surface area (Å²) in [5, 5.41) is 2.51. The standard InChI is InChI=1S/C21H21NOS/c1-16-10-11-17(2)20(14-16)23-12-6-7-13-24-21-15-18-8-4-5-9-19(18)22(21)3/h4-5,8-11,14-15H,12-13H2,1-3H3. The Bertz CT molecular complexity index is 914. The SMILES string of the molecule is Cc1ccc(C)c(OCC#CCSc2cc3ccccc3n2C)c1. The zero-order valence-electron chi connectivity index (χ0n) is 14.3. The van der Waals surface area contributed by atoms with Crippen LogP contribution in [-0.4, -0.2) is 16.9 Å². The average Bonchev–Trinajstić information content (AvgIpc) is 2.90. The Balaban J connectivity index is 1.54. The third-order valence-electron chi connectivity index (χ3n) is 3.97. The Kier molecular flexibility index (Phi) is 5.17. The lowest BCUT2D eigenvalue weighted by Gasteiger charge is -2.06. The van der Waals surface area contributed by atoms with Crippen LogP contribution < -0.4 is 4.74 Å². The summed E-state index contributed by atoms with van der Waals surface area (Å²) in [6, 6.07) is 16.9. The predicted molar refractivity (Wildman–Crippen MR) is 103 cm³/mol. The van der Waals surface area contributed by atoms with Crippen molar-refractivity contribution in [2.24, 2.45) is 7.05 Å². The van der Waals surface area contributed by atoms with Crippen LogP contribution in [0.4, 0.5) is 0 Å². The zero-order valence-corrected chi connectivity index (χ0v) is 15.1. The first-order valence-electron chi connectivity index (χ1n) is 7.98. The molecule has 0 spiro atoms. The number of rotatable bonds is 4. The highest BCUT2D eigenvalue weighted by Gasteiger charge is 2.04. The molecular formula is C21H21NOS. The average molecular weight is 335 g/mol. The van der Waals surface area contributed by atoms with Crippen molar-refractivity contribution in [3.63, 3.8) is 0 Å². The van der Waals surface area contributed by atoms with Crippen molar-refractivity contribution in [3.05, 3.63) is 59.7 Å². The molecule has 0 fully saturated rings. The number of ether oxygens (including phenoxy) is 1. The van der Waals surface area contributed by atoms with Crippen molar-refractivity contribution in [2.45, 2.75) is 18.9 Å². The van der Waals surface area contributed by atoms with Gasteiger partial charge < -0.3 is 9.30 Å². The number of hydrogen-bond donors (Lipinski definition) is 0. The Morgan fingerprint density at radius 2 is 1.88 bits per heavy atom. The normalized spacial score (nSPS) is 10.5. The van der Waals surface area contributed by atoms with E-state index < -0.39 is 0 Å². The van der Waals surface area contributed by atoms with Gasteiger partial charge in [-0.15, -0.1) is 0 Å². The second-order valence-electron chi connectivity index (χ2n) is 5.80. The van der Waals surface area contributed by atoms with E-state index in [1.165, 1.54) is 21.5 Å². The Hall–Kier alpha value is -2.31. The second kappa shape index (κ2) is 7.51. The molecule has 0 aliphatic heterocycles. The van der Waals surface area contributed by atoms with E-state index in [1.54, 1.807) is 11.8 Å². The van der Waals surface area contributed by atoms with Gasteiger partial charge in [0.05, 0.1) is 10.8 Å². The molecule has 3 aromatic rings. The minimum atomic E-state index is 0.431. The summed E-state index contributed by atoms with van der Waals surface area (Å²) in [6.07, 6.45) is 0. The Morgan fingerprint density at radius 3 is 2.71 bits per heavy atom.